The van der Waals surface area contributed by atoms with Crippen molar-refractivity contribution in [3.8, 4) is 0 Å². The van der Waals surface area contributed by atoms with Gasteiger partial charge in [-0.3, -0.25) is 4.68 Å². The fraction of sp³-hybridized carbons (Fsp3) is 0.800. The summed E-state index contributed by atoms with van der Waals surface area (Å²) in [5, 5.41) is 5.53. The van der Waals surface area contributed by atoms with Gasteiger partial charge in [0.05, 0.1) is 16.4 Å². The van der Waals surface area contributed by atoms with E-state index < -0.39 is 0 Å². The predicted molar refractivity (Wildman–Crippen MR) is 85.2 cm³/mol. The summed E-state index contributed by atoms with van der Waals surface area (Å²) in [6, 6.07) is 0. The first-order chi connectivity index (χ1) is 9.06. The number of nitrogens with zero attached hydrogens (tertiary/aromatic N) is 2. The average molecular weight is 348 g/mol. The van der Waals surface area contributed by atoms with Gasteiger partial charge in [-0.15, -0.1) is 0 Å². The van der Waals surface area contributed by atoms with Crippen molar-refractivity contribution >= 4 is 27.5 Å². The molecule has 108 valence electrons. The Morgan fingerprint density at radius 3 is 2.74 bits per heavy atom. The van der Waals surface area contributed by atoms with Gasteiger partial charge in [-0.2, -0.15) is 5.10 Å². The van der Waals surface area contributed by atoms with Gasteiger partial charge in [0.15, 0.2) is 0 Å². The highest BCUT2D eigenvalue weighted by molar-refractivity contribution is 9.09. The molecule has 1 aliphatic carbocycles. The first kappa shape index (κ1) is 15.4. The molecule has 2 nitrogen and oxygen atoms in total. The van der Waals surface area contributed by atoms with Crippen molar-refractivity contribution in [1.29, 1.82) is 0 Å². The van der Waals surface area contributed by atoms with Crippen molar-refractivity contribution in [2.24, 2.45) is 11.8 Å². The van der Waals surface area contributed by atoms with Crippen LogP contribution in [-0.2, 0) is 19.4 Å². The fourth-order valence-electron chi connectivity index (χ4n) is 3.13. The SMILES string of the molecule is CCc1nn(CC)c(CC2CC(C)CCC2Br)c1Cl. The molecule has 1 aliphatic rings. The van der Waals surface area contributed by atoms with Gasteiger partial charge in [0.1, 0.15) is 0 Å². The van der Waals surface area contributed by atoms with E-state index >= 15 is 0 Å². The van der Waals surface area contributed by atoms with Crippen LogP contribution in [-0.4, -0.2) is 14.6 Å². The topological polar surface area (TPSA) is 17.8 Å². The van der Waals surface area contributed by atoms with Crippen molar-refractivity contribution in [2.75, 3.05) is 0 Å². The maximum atomic E-state index is 6.51. The summed E-state index contributed by atoms with van der Waals surface area (Å²) in [5.74, 6) is 1.52. The maximum Gasteiger partial charge on any atom is 0.0849 e. The largest absolute Gasteiger partial charge is 0.268 e. The van der Waals surface area contributed by atoms with Crippen LogP contribution in [0.2, 0.25) is 5.02 Å². The lowest BCUT2D eigenvalue weighted by atomic mass is 9.80. The first-order valence-electron chi connectivity index (χ1n) is 7.44. The van der Waals surface area contributed by atoms with Gasteiger partial charge in [-0.1, -0.05) is 41.4 Å². The molecule has 1 fully saturated rings. The molecule has 0 bridgehead atoms. The van der Waals surface area contributed by atoms with Crippen LogP contribution in [0, 0.1) is 11.8 Å². The molecule has 4 heteroatoms. The zero-order chi connectivity index (χ0) is 14.0. The van der Waals surface area contributed by atoms with Crippen molar-refractivity contribution < 1.29 is 0 Å². The predicted octanol–water partition coefficient (Wildman–Crippen LogP) is 4.86. The number of hydrogen-bond donors (Lipinski definition) is 0. The molecule has 3 atom stereocenters. The quantitative estimate of drug-likeness (QED) is 0.711. The molecular weight excluding hydrogens is 324 g/mol. The van der Waals surface area contributed by atoms with Gasteiger partial charge in [-0.05, 0) is 50.9 Å². The lowest BCUT2D eigenvalue weighted by molar-refractivity contribution is 0.290. The lowest BCUT2D eigenvalue weighted by Crippen LogP contribution is -2.26. The second kappa shape index (κ2) is 6.62. The van der Waals surface area contributed by atoms with Gasteiger partial charge in [-0.25, -0.2) is 0 Å². The molecule has 0 aliphatic heterocycles. The van der Waals surface area contributed by atoms with Crippen LogP contribution in [0.4, 0.5) is 0 Å². The highest BCUT2D eigenvalue weighted by Crippen LogP contribution is 2.37. The van der Waals surface area contributed by atoms with E-state index in [0.29, 0.717) is 10.7 Å². The van der Waals surface area contributed by atoms with Crippen molar-refractivity contribution in [3.05, 3.63) is 16.4 Å². The number of halogens is 2. The molecule has 19 heavy (non-hydrogen) atoms. The minimum Gasteiger partial charge on any atom is -0.268 e. The summed E-state index contributed by atoms with van der Waals surface area (Å²) >= 11 is 10.4. The number of aromatic nitrogens is 2. The zero-order valence-electron chi connectivity index (χ0n) is 12.1. The highest BCUT2D eigenvalue weighted by atomic mass is 79.9. The molecule has 0 spiro atoms. The second-order valence-corrected chi connectivity index (χ2v) is 7.33. The average Bonchev–Trinajstić information content (AvgIpc) is 2.70. The second-order valence-electron chi connectivity index (χ2n) is 5.78. The smallest absolute Gasteiger partial charge is 0.0849 e. The van der Waals surface area contributed by atoms with Crippen LogP contribution in [0.5, 0.6) is 0 Å². The molecule has 0 aromatic carbocycles. The normalized spacial score (nSPS) is 27.7. The van der Waals surface area contributed by atoms with E-state index in [1.54, 1.807) is 0 Å². The van der Waals surface area contributed by atoms with Gasteiger partial charge in [0.2, 0.25) is 0 Å². The minimum absolute atomic E-state index is 0.630. The van der Waals surface area contributed by atoms with Crippen LogP contribution < -0.4 is 0 Å². The van der Waals surface area contributed by atoms with Crippen LogP contribution >= 0.6 is 27.5 Å². The highest BCUT2D eigenvalue weighted by Gasteiger charge is 2.29. The summed E-state index contributed by atoms with van der Waals surface area (Å²) < 4.78 is 2.10. The molecule has 0 radical (unpaired) electrons. The summed E-state index contributed by atoms with van der Waals surface area (Å²) in [4.78, 5) is 0.630. The molecule has 1 heterocycles. The molecule has 0 N–H and O–H groups in total. The Kier molecular flexibility index (Phi) is 5.36. The Morgan fingerprint density at radius 1 is 1.37 bits per heavy atom. The van der Waals surface area contributed by atoms with Crippen LogP contribution in [0.15, 0.2) is 0 Å². The van der Waals surface area contributed by atoms with E-state index in [-0.39, 0.29) is 0 Å². The summed E-state index contributed by atoms with van der Waals surface area (Å²) in [6.45, 7) is 7.53. The summed E-state index contributed by atoms with van der Waals surface area (Å²) in [6.07, 6.45) is 5.89. The summed E-state index contributed by atoms with van der Waals surface area (Å²) in [7, 11) is 0. The van der Waals surface area contributed by atoms with Crippen LogP contribution in [0.1, 0.15) is 51.4 Å². The Balaban J connectivity index is 2.19. The van der Waals surface area contributed by atoms with E-state index in [4.69, 9.17) is 11.6 Å². The standard InChI is InChI=1S/C15H24BrClN2/c1-4-13-15(17)14(19(5-2)18-13)9-11-8-10(3)6-7-12(11)16/h10-12H,4-9H2,1-3H3. The molecule has 1 aromatic heterocycles. The third kappa shape index (κ3) is 3.36. The van der Waals surface area contributed by atoms with Crippen molar-refractivity contribution in [1.82, 2.24) is 9.78 Å². The van der Waals surface area contributed by atoms with Gasteiger partial charge in [0, 0.05) is 11.4 Å². The third-order valence-corrected chi connectivity index (χ3v) is 5.94. The summed E-state index contributed by atoms with van der Waals surface area (Å²) in [5.41, 5.74) is 2.29. The monoisotopic (exact) mass is 346 g/mol. The van der Waals surface area contributed by atoms with E-state index in [2.05, 4.69) is 46.5 Å². The zero-order valence-corrected chi connectivity index (χ0v) is 14.5. The molecule has 0 amide bonds. The molecule has 1 aromatic rings. The van der Waals surface area contributed by atoms with Crippen molar-refractivity contribution in [3.63, 3.8) is 0 Å². The number of hydrogen-bond acceptors (Lipinski definition) is 1. The number of alkyl halides is 1. The minimum atomic E-state index is 0.630. The fourth-order valence-corrected chi connectivity index (χ4v) is 4.15. The molecule has 1 saturated carbocycles. The van der Waals surface area contributed by atoms with Gasteiger partial charge >= 0.3 is 0 Å². The molecular formula is C15H24BrClN2. The van der Waals surface area contributed by atoms with Gasteiger partial charge in [0.25, 0.3) is 0 Å². The van der Waals surface area contributed by atoms with E-state index in [9.17, 15) is 0 Å². The Morgan fingerprint density at radius 2 is 2.11 bits per heavy atom. The molecule has 0 saturated heterocycles. The Labute approximate surface area is 130 Å². The molecule has 2 rings (SSSR count). The Hall–Kier alpha value is -0.0200. The lowest BCUT2D eigenvalue weighted by Gasteiger charge is -2.31. The molecule has 3 unspecified atom stereocenters. The van der Waals surface area contributed by atoms with E-state index in [0.717, 1.165) is 36.0 Å². The first-order valence-corrected chi connectivity index (χ1v) is 8.74. The number of rotatable bonds is 4. The van der Waals surface area contributed by atoms with Crippen molar-refractivity contribution in [2.45, 2.75) is 64.2 Å². The Bertz CT molecular complexity index is 430. The number of aryl methyl sites for hydroxylation is 2. The van der Waals surface area contributed by atoms with Gasteiger partial charge < -0.3 is 0 Å². The van der Waals surface area contributed by atoms with Crippen LogP contribution in [0.25, 0.3) is 0 Å². The maximum absolute atomic E-state index is 6.51. The van der Waals surface area contributed by atoms with E-state index in [1.807, 2.05) is 0 Å². The van der Waals surface area contributed by atoms with Crippen LogP contribution in [0.3, 0.4) is 0 Å². The third-order valence-electron chi connectivity index (χ3n) is 4.30. The van der Waals surface area contributed by atoms with E-state index in [1.165, 1.54) is 25.0 Å².